The van der Waals surface area contributed by atoms with Crippen LogP contribution in [0.4, 0.5) is 17.6 Å². The molecule has 0 spiro atoms. The predicted molar refractivity (Wildman–Crippen MR) is 55.4 cm³/mol. The van der Waals surface area contributed by atoms with Gasteiger partial charge in [0.05, 0.1) is 6.20 Å². The van der Waals surface area contributed by atoms with E-state index in [9.17, 15) is 22.4 Å². The molecular formula is C10H11F4N3O. The molecule has 0 bridgehead atoms. The number of hydrogen-bond acceptors (Lipinski definition) is 3. The first-order chi connectivity index (χ1) is 8.14. The van der Waals surface area contributed by atoms with Gasteiger partial charge in [-0.1, -0.05) is 0 Å². The van der Waals surface area contributed by atoms with E-state index in [1.165, 1.54) is 19.0 Å². The molecule has 0 aliphatic carbocycles. The molecule has 1 aromatic rings. The number of alkyl halides is 3. The summed E-state index contributed by atoms with van der Waals surface area (Å²) in [4.78, 5) is 15.9. The topological polar surface area (TPSA) is 38.1 Å². The Hall–Kier alpha value is -1.86. The van der Waals surface area contributed by atoms with Gasteiger partial charge in [-0.25, -0.2) is 9.37 Å². The molecule has 0 amide bonds. The molecule has 0 fully saturated rings. The van der Waals surface area contributed by atoms with Crippen LogP contribution in [-0.2, 0) is 13.2 Å². The van der Waals surface area contributed by atoms with Crippen molar-refractivity contribution in [3.63, 3.8) is 0 Å². The predicted octanol–water partition coefficient (Wildman–Crippen LogP) is 1.99. The smallest absolute Gasteiger partial charge is 0.381 e. The molecule has 100 valence electrons. The molecule has 1 rings (SSSR count). The van der Waals surface area contributed by atoms with Gasteiger partial charge in [0, 0.05) is 27.3 Å². The first-order valence-electron chi connectivity index (χ1n) is 4.82. The van der Waals surface area contributed by atoms with Crippen LogP contribution in [0.25, 0.3) is 0 Å². The van der Waals surface area contributed by atoms with Crippen molar-refractivity contribution >= 4 is 5.78 Å². The van der Waals surface area contributed by atoms with E-state index in [-0.39, 0.29) is 0 Å². The van der Waals surface area contributed by atoms with Crippen LogP contribution in [0.1, 0.15) is 16.3 Å². The number of nitrogens with zero attached hydrogens (tertiary/aromatic N) is 3. The lowest BCUT2D eigenvalue weighted by Gasteiger charge is -2.08. The molecule has 18 heavy (non-hydrogen) atoms. The third-order valence-corrected chi connectivity index (χ3v) is 2.06. The van der Waals surface area contributed by atoms with Crippen LogP contribution in [0.2, 0.25) is 0 Å². The zero-order chi connectivity index (χ0) is 14.1. The molecule has 1 aromatic heterocycles. The van der Waals surface area contributed by atoms with Crippen molar-refractivity contribution in [1.82, 2.24) is 14.5 Å². The van der Waals surface area contributed by atoms with Gasteiger partial charge in [-0.3, -0.25) is 4.79 Å². The zero-order valence-corrected chi connectivity index (χ0v) is 9.92. The fourth-order valence-corrected chi connectivity index (χ4v) is 1.29. The Morgan fingerprint density at radius 2 is 2.00 bits per heavy atom. The van der Waals surface area contributed by atoms with Gasteiger partial charge in [0.2, 0.25) is 11.6 Å². The summed E-state index contributed by atoms with van der Waals surface area (Å²) in [7, 11) is 3.97. The molecule has 0 aliphatic heterocycles. The Morgan fingerprint density at radius 3 is 2.39 bits per heavy atom. The Bertz CT molecular complexity index is 488. The van der Waals surface area contributed by atoms with Gasteiger partial charge in [0.1, 0.15) is 5.69 Å². The van der Waals surface area contributed by atoms with Crippen molar-refractivity contribution < 1.29 is 22.4 Å². The molecule has 0 N–H and O–H groups in total. The number of allylic oxidation sites excluding steroid dienone is 1. The van der Waals surface area contributed by atoms with E-state index in [1.807, 2.05) is 0 Å². The summed E-state index contributed by atoms with van der Waals surface area (Å²) in [5, 5.41) is 0. The molecule has 1 heterocycles. The van der Waals surface area contributed by atoms with E-state index >= 15 is 0 Å². The molecule has 0 unspecified atom stereocenters. The fraction of sp³-hybridized carbons (Fsp3) is 0.400. The number of halogens is 4. The van der Waals surface area contributed by atoms with Crippen LogP contribution in [0.3, 0.4) is 0 Å². The van der Waals surface area contributed by atoms with Crippen molar-refractivity contribution in [2.75, 3.05) is 14.1 Å². The Morgan fingerprint density at radius 1 is 1.44 bits per heavy atom. The molecule has 0 aliphatic rings. The maximum Gasteiger partial charge on any atom is 0.449 e. The second kappa shape index (κ2) is 4.79. The molecule has 0 saturated carbocycles. The number of carbonyl (C=O) groups excluding carboxylic acids is 1. The Balaban J connectivity index is 3.14. The summed E-state index contributed by atoms with van der Waals surface area (Å²) in [5.74, 6) is -3.55. The average molecular weight is 265 g/mol. The SMILES string of the molecule is CN(C)/C=C(/F)C(=O)c1cnc(C(F)(F)F)n1C. The van der Waals surface area contributed by atoms with Crippen molar-refractivity contribution in [2.45, 2.75) is 6.18 Å². The zero-order valence-electron chi connectivity index (χ0n) is 9.92. The van der Waals surface area contributed by atoms with Crippen molar-refractivity contribution in [2.24, 2.45) is 7.05 Å². The standard InChI is InChI=1S/C10H11F4N3O/c1-16(2)5-6(11)8(18)7-4-15-9(17(7)3)10(12,13)14/h4-5H,1-3H3/b6-5+. The molecule has 8 heteroatoms. The van der Waals surface area contributed by atoms with Gasteiger partial charge < -0.3 is 9.47 Å². The molecule has 0 saturated heterocycles. The number of rotatable bonds is 3. The number of Topliss-reactive ketones (excluding diaryl/α,β-unsaturated/α-hetero) is 1. The van der Waals surface area contributed by atoms with Crippen molar-refractivity contribution in [3.8, 4) is 0 Å². The van der Waals surface area contributed by atoms with Crippen LogP contribution in [0.15, 0.2) is 18.2 Å². The number of ketones is 1. The highest BCUT2D eigenvalue weighted by atomic mass is 19.4. The van der Waals surface area contributed by atoms with Crippen molar-refractivity contribution in [3.05, 3.63) is 29.7 Å². The minimum Gasteiger partial charge on any atom is -0.381 e. The second-order valence-electron chi connectivity index (χ2n) is 3.79. The largest absolute Gasteiger partial charge is 0.449 e. The molecule has 4 nitrogen and oxygen atoms in total. The number of aromatic nitrogens is 2. The third kappa shape index (κ3) is 2.88. The lowest BCUT2D eigenvalue weighted by molar-refractivity contribution is -0.146. The highest BCUT2D eigenvalue weighted by molar-refractivity contribution is 6.05. The van der Waals surface area contributed by atoms with Crippen LogP contribution >= 0.6 is 0 Å². The maximum absolute atomic E-state index is 13.4. The van der Waals surface area contributed by atoms with E-state index in [4.69, 9.17) is 0 Å². The summed E-state index contributed by atoms with van der Waals surface area (Å²) in [6.45, 7) is 0. The van der Waals surface area contributed by atoms with Crippen LogP contribution in [-0.4, -0.2) is 34.3 Å². The number of imidazole rings is 1. The minimum atomic E-state index is -4.69. The fourth-order valence-electron chi connectivity index (χ4n) is 1.29. The summed E-state index contributed by atoms with van der Waals surface area (Å²) in [5.41, 5.74) is -0.460. The van der Waals surface area contributed by atoms with Crippen molar-refractivity contribution in [1.29, 1.82) is 0 Å². The molecule has 0 radical (unpaired) electrons. The Kier molecular flexibility index (Phi) is 3.78. The average Bonchev–Trinajstić information content (AvgIpc) is 2.57. The van der Waals surface area contributed by atoms with E-state index in [1.54, 1.807) is 0 Å². The quantitative estimate of drug-likeness (QED) is 0.476. The van der Waals surface area contributed by atoms with E-state index < -0.39 is 29.3 Å². The maximum atomic E-state index is 13.4. The lowest BCUT2D eigenvalue weighted by atomic mass is 10.2. The third-order valence-electron chi connectivity index (χ3n) is 2.06. The van der Waals surface area contributed by atoms with Gasteiger partial charge in [-0.2, -0.15) is 13.2 Å². The monoisotopic (exact) mass is 265 g/mol. The summed E-state index contributed by atoms with van der Waals surface area (Å²) in [6, 6.07) is 0. The lowest BCUT2D eigenvalue weighted by Crippen LogP contribution is -2.16. The van der Waals surface area contributed by atoms with E-state index in [0.29, 0.717) is 10.8 Å². The van der Waals surface area contributed by atoms with Gasteiger partial charge in [0.25, 0.3) is 0 Å². The first-order valence-corrected chi connectivity index (χ1v) is 4.82. The van der Waals surface area contributed by atoms with E-state index in [0.717, 1.165) is 13.2 Å². The van der Waals surface area contributed by atoms with E-state index in [2.05, 4.69) is 4.98 Å². The second-order valence-corrected chi connectivity index (χ2v) is 3.79. The summed E-state index contributed by atoms with van der Waals surface area (Å²) < 4.78 is 51.2. The van der Waals surface area contributed by atoms with Crippen LogP contribution in [0, 0.1) is 0 Å². The minimum absolute atomic E-state index is 0.460. The normalized spacial score (nSPS) is 12.7. The van der Waals surface area contributed by atoms with Gasteiger partial charge in [0.15, 0.2) is 5.83 Å². The van der Waals surface area contributed by atoms with Gasteiger partial charge in [-0.05, 0) is 0 Å². The number of hydrogen-bond donors (Lipinski definition) is 0. The molecule has 0 atom stereocenters. The Labute approximate surface area is 101 Å². The highest BCUT2D eigenvalue weighted by Crippen LogP contribution is 2.28. The van der Waals surface area contributed by atoms with Crippen LogP contribution < -0.4 is 0 Å². The van der Waals surface area contributed by atoms with Gasteiger partial charge in [-0.15, -0.1) is 0 Å². The summed E-state index contributed by atoms with van der Waals surface area (Å²) in [6.07, 6.45) is -3.11. The highest BCUT2D eigenvalue weighted by Gasteiger charge is 2.37. The van der Waals surface area contributed by atoms with Gasteiger partial charge >= 0.3 is 6.18 Å². The summed E-state index contributed by atoms with van der Waals surface area (Å²) >= 11 is 0. The number of carbonyl (C=O) groups is 1. The first kappa shape index (κ1) is 14.2. The molecule has 0 aromatic carbocycles. The molecular weight excluding hydrogens is 254 g/mol. The van der Waals surface area contributed by atoms with Crippen LogP contribution in [0.5, 0.6) is 0 Å².